The van der Waals surface area contributed by atoms with E-state index in [1.807, 2.05) is 30.0 Å². The molecule has 0 amide bonds. The van der Waals surface area contributed by atoms with Gasteiger partial charge in [0.1, 0.15) is 11.0 Å². The number of aromatic amines is 1. The monoisotopic (exact) mass is 206 g/mol. The molecule has 72 valence electrons. The molecule has 0 atom stereocenters. The van der Waals surface area contributed by atoms with Crippen molar-refractivity contribution in [3.05, 3.63) is 18.2 Å². The van der Waals surface area contributed by atoms with E-state index in [0.717, 1.165) is 16.7 Å². The molecule has 0 spiro atoms. The third-order valence-electron chi connectivity index (χ3n) is 2.33. The van der Waals surface area contributed by atoms with Crippen molar-refractivity contribution >= 4 is 28.5 Å². The average Bonchev–Trinajstić information content (AvgIpc) is 2.58. The number of hydrogen-bond acceptors (Lipinski definition) is 4. The molecule has 0 radical (unpaired) electrons. The summed E-state index contributed by atoms with van der Waals surface area (Å²) in [6.07, 6.45) is 0. The van der Waals surface area contributed by atoms with E-state index in [-0.39, 0.29) is 0 Å². The average molecular weight is 206 g/mol. The lowest BCUT2D eigenvalue weighted by atomic mass is 10.2. The first-order valence-electron chi connectivity index (χ1n) is 4.56. The molecule has 2 N–H and O–H groups in total. The highest BCUT2D eigenvalue weighted by Crippen LogP contribution is 2.23. The predicted octanol–water partition coefficient (Wildman–Crippen LogP) is 1.49. The summed E-state index contributed by atoms with van der Waals surface area (Å²) in [5.41, 5.74) is 2.97. The zero-order valence-electron chi connectivity index (χ0n) is 7.53. The van der Waals surface area contributed by atoms with Crippen LogP contribution in [0.4, 0.5) is 5.69 Å². The Hall–Kier alpha value is -1.23. The molecular formula is C9H10N4S. The Morgan fingerprint density at radius 1 is 1.29 bits per heavy atom. The van der Waals surface area contributed by atoms with Crippen molar-refractivity contribution in [3.8, 4) is 0 Å². The fourth-order valence-corrected chi connectivity index (χ4v) is 2.12. The quantitative estimate of drug-likeness (QED) is 0.781. The SMILES string of the molecule is c1cc2n[nH]nc2cc1NC1CSC1. The second-order valence-corrected chi connectivity index (χ2v) is 4.48. The minimum atomic E-state index is 0.629. The van der Waals surface area contributed by atoms with Gasteiger partial charge in [0, 0.05) is 23.2 Å². The van der Waals surface area contributed by atoms with Crippen molar-refractivity contribution < 1.29 is 0 Å². The Morgan fingerprint density at radius 3 is 2.93 bits per heavy atom. The van der Waals surface area contributed by atoms with E-state index < -0.39 is 0 Å². The van der Waals surface area contributed by atoms with Crippen LogP contribution in [0.25, 0.3) is 11.0 Å². The van der Waals surface area contributed by atoms with Crippen LogP contribution in [0, 0.1) is 0 Å². The summed E-state index contributed by atoms with van der Waals surface area (Å²) < 4.78 is 0. The molecule has 1 aromatic carbocycles. The van der Waals surface area contributed by atoms with E-state index in [9.17, 15) is 0 Å². The molecule has 14 heavy (non-hydrogen) atoms. The number of hydrogen-bond donors (Lipinski definition) is 2. The first kappa shape index (κ1) is 8.11. The van der Waals surface area contributed by atoms with Gasteiger partial charge in [-0.15, -0.1) is 0 Å². The minimum Gasteiger partial charge on any atom is -0.381 e. The third kappa shape index (κ3) is 1.33. The molecule has 1 fully saturated rings. The van der Waals surface area contributed by atoms with E-state index in [4.69, 9.17) is 0 Å². The van der Waals surface area contributed by atoms with E-state index in [2.05, 4.69) is 20.7 Å². The summed E-state index contributed by atoms with van der Waals surface area (Å²) >= 11 is 1.97. The van der Waals surface area contributed by atoms with E-state index in [1.54, 1.807) is 0 Å². The van der Waals surface area contributed by atoms with Crippen molar-refractivity contribution in [2.24, 2.45) is 0 Å². The fraction of sp³-hybridized carbons (Fsp3) is 0.333. The highest BCUT2D eigenvalue weighted by atomic mass is 32.2. The van der Waals surface area contributed by atoms with Crippen LogP contribution in [0.1, 0.15) is 0 Å². The molecule has 1 aliphatic rings. The topological polar surface area (TPSA) is 53.6 Å². The molecule has 0 unspecified atom stereocenters. The summed E-state index contributed by atoms with van der Waals surface area (Å²) in [6.45, 7) is 0. The maximum absolute atomic E-state index is 4.05. The lowest BCUT2D eigenvalue weighted by Crippen LogP contribution is -2.33. The van der Waals surface area contributed by atoms with E-state index in [0.29, 0.717) is 6.04 Å². The van der Waals surface area contributed by atoms with Crippen LogP contribution >= 0.6 is 11.8 Å². The number of benzene rings is 1. The summed E-state index contributed by atoms with van der Waals surface area (Å²) in [5.74, 6) is 2.41. The van der Waals surface area contributed by atoms with Gasteiger partial charge >= 0.3 is 0 Å². The molecule has 5 heteroatoms. The molecular weight excluding hydrogens is 196 g/mol. The number of anilines is 1. The number of fused-ring (bicyclic) bond motifs is 1. The first-order valence-corrected chi connectivity index (χ1v) is 5.72. The second-order valence-electron chi connectivity index (χ2n) is 3.41. The number of thioether (sulfide) groups is 1. The number of rotatable bonds is 2. The van der Waals surface area contributed by atoms with Crippen molar-refractivity contribution in [2.75, 3.05) is 16.8 Å². The van der Waals surface area contributed by atoms with Gasteiger partial charge in [-0.05, 0) is 18.2 Å². The predicted molar refractivity (Wildman–Crippen MR) is 58.6 cm³/mol. The number of nitrogens with one attached hydrogen (secondary N) is 2. The zero-order valence-corrected chi connectivity index (χ0v) is 8.34. The normalized spacial score (nSPS) is 16.9. The van der Waals surface area contributed by atoms with Gasteiger partial charge in [0.2, 0.25) is 0 Å². The molecule has 2 heterocycles. The number of nitrogens with zero attached hydrogens (tertiary/aromatic N) is 2. The van der Waals surface area contributed by atoms with Gasteiger partial charge in [-0.2, -0.15) is 27.2 Å². The van der Waals surface area contributed by atoms with Crippen LogP contribution in [0.2, 0.25) is 0 Å². The van der Waals surface area contributed by atoms with Crippen LogP contribution in [0.15, 0.2) is 18.2 Å². The van der Waals surface area contributed by atoms with Crippen molar-refractivity contribution in [3.63, 3.8) is 0 Å². The third-order valence-corrected chi connectivity index (χ3v) is 3.60. The summed E-state index contributed by atoms with van der Waals surface area (Å²) in [5, 5.41) is 14.1. The maximum atomic E-state index is 4.05. The van der Waals surface area contributed by atoms with Gasteiger partial charge in [-0.3, -0.25) is 0 Å². The molecule has 1 aromatic heterocycles. The van der Waals surface area contributed by atoms with Crippen molar-refractivity contribution in [1.82, 2.24) is 15.4 Å². The molecule has 2 aromatic rings. The minimum absolute atomic E-state index is 0.629. The van der Waals surface area contributed by atoms with Crippen LogP contribution in [0.3, 0.4) is 0 Å². The van der Waals surface area contributed by atoms with Gasteiger partial charge < -0.3 is 5.32 Å². The Kier molecular flexibility index (Phi) is 1.83. The van der Waals surface area contributed by atoms with Gasteiger partial charge in [-0.1, -0.05) is 0 Å². The fourth-order valence-electron chi connectivity index (χ4n) is 1.48. The van der Waals surface area contributed by atoms with Crippen molar-refractivity contribution in [1.29, 1.82) is 0 Å². The number of H-pyrrole nitrogens is 1. The molecule has 1 aliphatic heterocycles. The standard InChI is InChI=1S/C9H10N4S/c1-2-8-9(12-13-11-8)3-6(1)10-7-4-14-5-7/h1-3,7,10H,4-5H2,(H,11,12,13). The number of aromatic nitrogens is 3. The molecule has 0 bridgehead atoms. The zero-order chi connectivity index (χ0) is 9.38. The van der Waals surface area contributed by atoms with Crippen LogP contribution in [-0.4, -0.2) is 33.0 Å². The largest absolute Gasteiger partial charge is 0.381 e. The Morgan fingerprint density at radius 2 is 2.14 bits per heavy atom. The second kappa shape index (κ2) is 3.16. The van der Waals surface area contributed by atoms with Crippen LogP contribution in [-0.2, 0) is 0 Å². The molecule has 0 aliphatic carbocycles. The van der Waals surface area contributed by atoms with Crippen molar-refractivity contribution in [2.45, 2.75) is 6.04 Å². The van der Waals surface area contributed by atoms with E-state index in [1.165, 1.54) is 11.5 Å². The van der Waals surface area contributed by atoms with Gasteiger partial charge in [0.25, 0.3) is 0 Å². The van der Waals surface area contributed by atoms with Crippen LogP contribution in [0.5, 0.6) is 0 Å². The molecule has 0 saturated carbocycles. The Labute approximate surface area is 85.5 Å². The Balaban J connectivity index is 1.88. The molecule has 3 rings (SSSR count). The molecule has 1 saturated heterocycles. The van der Waals surface area contributed by atoms with Crippen LogP contribution < -0.4 is 5.32 Å². The van der Waals surface area contributed by atoms with E-state index >= 15 is 0 Å². The molecule has 4 nitrogen and oxygen atoms in total. The summed E-state index contributed by atoms with van der Waals surface area (Å²) in [4.78, 5) is 0. The Bertz CT molecular complexity index is 449. The summed E-state index contributed by atoms with van der Waals surface area (Å²) in [6, 6.07) is 6.69. The maximum Gasteiger partial charge on any atom is 0.115 e. The lowest BCUT2D eigenvalue weighted by Gasteiger charge is -2.26. The smallest absolute Gasteiger partial charge is 0.115 e. The highest BCUT2D eigenvalue weighted by Gasteiger charge is 2.17. The summed E-state index contributed by atoms with van der Waals surface area (Å²) in [7, 11) is 0. The highest BCUT2D eigenvalue weighted by molar-refractivity contribution is 8.00. The van der Waals surface area contributed by atoms with Gasteiger partial charge in [0.15, 0.2) is 0 Å². The first-order chi connectivity index (χ1) is 6.92. The van der Waals surface area contributed by atoms with Gasteiger partial charge in [-0.25, -0.2) is 0 Å². The van der Waals surface area contributed by atoms with Gasteiger partial charge in [0.05, 0.1) is 0 Å². The lowest BCUT2D eigenvalue weighted by molar-refractivity contribution is 0.883.